The van der Waals surface area contributed by atoms with Crippen LogP contribution in [0.5, 0.6) is 0 Å². The highest BCUT2D eigenvalue weighted by Crippen LogP contribution is 2.21. The lowest BCUT2D eigenvalue weighted by Gasteiger charge is -2.36. The Morgan fingerprint density at radius 1 is 1.39 bits per heavy atom. The number of amides is 1. The first kappa shape index (κ1) is 18.0. The molecule has 1 aliphatic heterocycles. The third-order valence-electron chi connectivity index (χ3n) is 4.83. The van der Waals surface area contributed by atoms with Crippen LogP contribution in [-0.2, 0) is 4.79 Å². The van der Waals surface area contributed by atoms with Crippen LogP contribution >= 0.6 is 0 Å². The Labute approximate surface area is 139 Å². The predicted octanol–water partition coefficient (Wildman–Crippen LogP) is 2.74. The summed E-state index contributed by atoms with van der Waals surface area (Å²) in [6, 6.07) is 10.1. The van der Waals surface area contributed by atoms with E-state index in [1.165, 1.54) is 5.56 Å². The molecule has 23 heavy (non-hydrogen) atoms. The number of nitrogens with zero attached hydrogens (tertiary/aromatic N) is 1. The fourth-order valence-corrected chi connectivity index (χ4v) is 3.35. The number of carbonyl (C=O) groups excluding carboxylic acids is 1. The van der Waals surface area contributed by atoms with E-state index >= 15 is 0 Å². The minimum atomic E-state index is -0.146. The van der Waals surface area contributed by atoms with E-state index in [9.17, 15) is 9.90 Å². The highest BCUT2D eigenvalue weighted by molar-refractivity contribution is 5.81. The Bertz CT molecular complexity index is 478. The van der Waals surface area contributed by atoms with E-state index in [-0.39, 0.29) is 24.6 Å². The lowest BCUT2D eigenvalue weighted by Crippen LogP contribution is -2.50. The van der Waals surface area contributed by atoms with Crippen LogP contribution in [0.3, 0.4) is 0 Å². The first-order valence-corrected chi connectivity index (χ1v) is 8.86. The SMILES string of the molecule is CCCC(NC(=O)C(C)N1CCCC(CO)C1)c1ccccc1. The summed E-state index contributed by atoms with van der Waals surface area (Å²) in [5, 5.41) is 12.6. The van der Waals surface area contributed by atoms with Gasteiger partial charge < -0.3 is 10.4 Å². The average Bonchev–Trinajstić information content (AvgIpc) is 2.61. The van der Waals surface area contributed by atoms with Crippen molar-refractivity contribution in [2.45, 2.75) is 51.6 Å². The Kier molecular flexibility index (Phi) is 7.06. The van der Waals surface area contributed by atoms with Crippen molar-refractivity contribution in [1.82, 2.24) is 10.2 Å². The molecule has 1 aliphatic rings. The lowest BCUT2D eigenvalue weighted by molar-refractivity contribution is -0.127. The average molecular weight is 318 g/mol. The van der Waals surface area contributed by atoms with E-state index in [4.69, 9.17) is 0 Å². The molecule has 1 aromatic rings. The van der Waals surface area contributed by atoms with Crippen LogP contribution in [-0.4, -0.2) is 41.7 Å². The Morgan fingerprint density at radius 2 is 2.13 bits per heavy atom. The van der Waals surface area contributed by atoms with Gasteiger partial charge in [0.25, 0.3) is 0 Å². The molecule has 2 N–H and O–H groups in total. The summed E-state index contributed by atoms with van der Waals surface area (Å²) < 4.78 is 0. The molecule has 3 unspecified atom stereocenters. The third-order valence-corrected chi connectivity index (χ3v) is 4.83. The molecule has 128 valence electrons. The van der Waals surface area contributed by atoms with Crippen molar-refractivity contribution in [3.8, 4) is 0 Å². The number of aliphatic hydroxyl groups excluding tert-OH is 1. The first-order chi connectivity index (χ1) is 11.2. The van der Waals surface area contributed by atoms with Crippen molar-refractivity contribution in [2.24, 2.45) is 5.92 Å². The number of piperidine rings is 1. The van der Waals surface area contributed by atoms with Crippen molar-refractivity contribution in [1.29, 1.82) is 0 Å². The second-order valence-corrected chi connectivity index (χ2v) is 6.62. The molecular formula is C19H30N2O2. The molecule has 0 radical (unpaired) electrons. The van der Waals surface area contributed by atoms with Crippen molar-refractivity contribution in [3.63, 3.8) is 0 Å². The van der Waals surface area contributed by atoms with Crippen molar-refractivity contribution >= 4 is 5.91 Å². The fourth-order valence-electron chi connectivity index (χ4n) is 3.35. The van der Waals surface area contributed by atoms with Gasteiger partial charge in [-0.1, -0.05) is 43.7 Å². The van der Waals surface area contributed by atoms with E-state index in [1.807, 2.05) is 25.1 Å². The number of nitrogens with one attached hydrogen (secondary N) is 1. The van der Waals surface area contributed by atoms with Crippen LogP contribution in [0.4, 0.5) is 0 Å². The number of rotatable bonds is 7. The summed E-state index contributed by atoms with van der Waals surface area (Å²) in [5.74, 6) is 0.394. The molecule has 1 fully saturated rings. The molecule has 3 atom stereocenters. The molecule has 0 aliphatic carbocycles. The molecule has 1 amide bonds. The van der Waals surface area contributed by atoms with Crippen LogP contribution < -0.4 is 5.32 Å². The maximum atomic E-state index is 12.7. The van der Waals surface area contributed by atoms with Gasteiger partial charge in [0.2, 0.25) is 5.91 Å². The largest absolute Gasteiger partial charge is 0.396 e. The van der Waals surface area contributed by atoms with E-state index in [0.29, 0.717) is 5.92 Å². The first-order valence-electron chi connectivity index (χ1n) is 8.86. The predicted molar refractivity (Wildman–Crippen MR) is 93.1 cm³/mol. The van der Waals surface area contributed by atoms with Gasteiger partial charge in [0.05, 0.1) is 12.1 Å². The molecule has 1 aromatic carbocycles. The monoisotopic (exact) mass is 318 g/mol. The van der Waals surface area contributed by atoms with E-state index < -0.39 is 0 Å². The minimum absolute atomic E-state index is 0.0783. The van der Waals surface area contributed by atoms with Gasteiger partial charge in [0, 0.05) is 13.2 Å². The van der Waals surface area contributed by atoms with Crippen LogP contribution in [0.25, 0.3) is 0 Å². The molecule has 0 spiro atoms. The summed E-state index contributed by atoms with van der Waals surface area (Å²) in [4.78, 5) is 14.9. The quantitative estimate of drug-likeness (QED) is 0.813. The molecule has 2 rings (SSSR count). The van der Waals surface area contributed by atoms with Gasteiger partial charge >= 0.3 is 0 Å². The topological polar surface area (TPSA) is 52.6 Å². The zero-order valence-electron chi connectivity index (χ0n) is 14.4. The summed E-state index contributed by atoms with van der Waals surface area (Å²) in [6.07, 6.45) is 4.09. The number of likely N-dealkylation sites (tertiary alicyclic amines) is 1. The maximum Gasteiger partial charge on any atom is 0.237 e. The highest BCUT2D eigenvalue weighted by atomic mass is 16.3. The van der Waals surface area contributed by atoms with Crippen molar-refractivity contribution in [2.75, 3.05) is 19.7 Å². The number of hydrogen-bond donors (Lipinski definition) is 2. The second-order valence-electron chi connectivity index (χ2n) is 6.62. The Morgan fingerprint density at radius 3 is 2.78 bits per heavy atom. The summed E-state index contributed by atoms with van der Waals surface area (Å²) >= 11 is 0. The van der Waals surface area contributed by atoms with E-state index in [2.05, 4.69) is 29.3 Å². The van der Waals surface area contributed by atoms with Crippen molar-refractivity contribution in [3.05, 3.63) is 35.9 Å². The normalized spacial score (nSPS) is 21.6. The molecule has 4 heteroatoms. The number of aliphatic hydroxyl groups is 1. The van der Waals surface area contributed by atoms with Gasteiger partial charge in [-0.05, 0) is 44.2 Å². The van der Waals surface area contributed by atoms with Crippen LogP contribution in [0.2, 0.25) is 0 Å². The Balaban J connectivity index is 1.97. The van der Waals surface area contributed by atoms with E-state index in [0.717, 1.165) is 38.8 Å². The third kappa shape index (κ3) is 5.05. The summed E-state index contributed by atoms with van der Waals surface area (Å²) in [7, 11) is 0. The molecular weight excluding hydrogens is 288 g/mol. The molecule has 0 aromatic heterocycles. The zero-order chi connectivity index (χ0) is 16.7. The van der Waals surface area contributed by atoms with Gasteiger partial charge in [-0.3, -0.25) is 9.69 Å². The van der Waals surface area contributed by atoms with Crippen molar-refractivity contribution < 1.29 is 9.90 Å². The smallest absolute Gasteiger partial charge is 0.237 e. The molecule has 0 bridgehead atoms. The summed E-state index contributed by atoms with van der Waals surface area (Å²) in [5.41, 5.74) is 1.17. The Hall–Kier alpha value is -1.39. The highest BCUT2D eigenvalue weighted by Gasteiger charge is 2.28. The van der Waals surface area contributed by atoms with Crippen LogP contribution in [0.1, 0.15) is 51.1 Å². The summed E-state index contributed by atoms with van der Waals surface area (Å²) in [6.45, 7) is 6.09. The number of benzene rings is 1. The number of hydrogen-bond acceptors (Lipinski definition) is 3. The van der Waals surface area contributed by atoms with E-state index in [1.54, 1.807) is 0 Å². The molecule has 4 nitrogen and oxygen atoms in total. The van der Waals surface area contributed by atoms with Gasteiger partial charge in [-0.2, -0.15) is 0 Å². The maximum absolute atomic E-state index is 12.7. The molecule has 0 saturated carbocycles. The van der Waals surface area contributed by atoms with Crippen LogP contribution in [0, 0.1) is 5.92 Å². The number of carbonyl (C=O) groups is 1. The van der Waals surface area contributed by atoms with Crippen LogP contribution in [0.15, 0.2) is 30.3 Å². The van der Waals surface area contributed by atoms with Gasteiger partial charge in [0.15, 0.2) is 0 Å². The fraction of sp³-hybridized carbons (Fsp3) is 0.632. The van der Waals surface area contributed by atoms with Gasteiger partial charge in [-0.15, -0.1) is 0 Å². The minimum Gasteiger partial charge on any atom is -0.396 e. The molecule has 1 heterocycles. The second kappa shape index (κ2) is 9.04. The van der Waals surface area contributed by atoms with Gasteiger partial charge in [0.1, 0.15) is 0 Å². The standard InChI is InChI=1S/C19H30N2O2/c1-3-8-18(17-10-5-4-6-11-17)20-19(23)15(2)21-12-7-9-16(13-21)14-22/h4-6,10-11,15-16,18,22H,3,7-9,12-14H2,1-2H3,(H,20,23). The lowest BCUT2D eigenvalue weighted by atomic mass is 9.97. The van der Waals surface area contributed by atoms with Gasteiger partial charge in [-0.25, -0.2) is 0 Å². The molecule has 1 saturated heterocycles. The zero-order valence-corrected chi connectivity index (χ0v) is 14.4.